The molecule has 0 atom stereocenters. The molecule has 0 radical (unpaired) electrons. The highest BCUT2D eigenvalue weighted by atomic mass is 35.5. The molecule has 2 aromatic carbocycles. The molecular formula is C22H24ClNO3. The number of ether oxygens (including phenoxy) is 2. The van der Waals surface area contributed by atoms with Crippen LogP contribution in [-0.2, 0) is 16.8 Å². The van der Waals surface area contributed by atoms with Gasteiger partial charge < -0.3 is 14.4 Å². The van der Waals surface area contributed by atoms with Crippen LogP contribution in [0.3, 0.4) is 0 Å². The number of rotatable bonds is 5. The molecule has 142 valence electrons. The zero-order chi connectivity index (χ0) is 18.9. The maximum atomic E-state index is 13.6. The van der Waals surface area contributed by atoms with E-state index in [2.05, 4.69) is 0 Å². The van der Waals surface area contributed by atoms with Gasteiger partial charge in [-0.25, -0.2) is 0 Å². The first-order valence-corrected chi connectivity index (χ1v) is 9.95. The highest BCUT2D eigenvalue weighted by Crippen LogP contribution is 2.46. The van der Waals surface area contributed by atoms with Crippen molar-refractivity contribution >= 4 is 17.5 Å². The Balaban J connectivity index is 1.61. The van der Waals surface area contributed by atoms with E-state index >= 15 is 0 Å². The normalized spacial score (nSPS) is 17.1. The number of amides is 1. The van der Waals surface area contributed by atoms with Gasteiger partial charge in [0.15, 0.2) is 11.5 Å². The van der Waals surface area contributed by atoms with E-state index in [-0.39, 0.29) is 5.91 Å². The molecule has 1 amide bonds. The van der Waals surface area contributed by atoms with Gasteiger partial charge in [0.1, 0.15) is 13.2 Å². The SMILES string of the molecule is CCN(Cc1cccc2c1OCCO2)C(=O)C1(c2ccc(Cl)cc2)CCC1. The second-order valence-electron chi connectivity index (χ2n) is 7.20. The van der Waals surface area contributed by atoms with E-state index in [1.54, 1.807) is 0 Å². The Morgan fingerprint density at radius 1 is 1.11 bits per heavy atom. The van der Waals surface area contributed by atoms with E-state index in [1.165, 1.54) is 0 Å². The summed E-state index contributed by atoms with van der Waals surface area (Å²) in [5.41, 5.74) is 1.64. The van der Waals surface area contributed by atoms with E-state index in [9.17, 15) is 4.79 Å². The minimum atomic E-state index is -0.424. The monoisotopic (exact) mass is 385 g/mol. The summed E-state index contributed by atoms with van der Waals surface area (Å²) in [4.78, 5) is 15.5. The number of halogens is 1. The Hall–Kier alpha value is -2.20. The summed E-state index contributed by atoms with van der Waals surface area (Å²) in [6.07, 6.45) is 2.84. The quantitative estimate of drug-likeness (QED) is 0.756. The lowest BCUT2D eigenvalue weighted by Gasteiger charge is -2.44. The zero-order valence-corrected chi connectivity index (χ0v) is 16.3. The van der Waals surface area contributed by atoms with Gasteiger partial charge in [-0.05, 0) is 43.5 Å². The van der Waals surface area contributed by atoms with E-state index in [4.69, 9.17) is 21.1 Å². The first kappa shape index (κ1) is 18.2. The fraction of sp³-hybridized carbons (Fsp3) is 0.409. The minimum Gasteiger partial charge on any atom is -0.486 e. The van der Waals surface area contributed by atoms with Crippen molar-refractivity contribution in [1.29, 1.82) is 0 Å². The topological polar surface area (TPSA) is 38.8 Å². The second kappa shape index (κ2) is 7.43. The number of carbonyl (C=O) groups excluding carboxylic acids is 1. The second-order valence-corrected chi connectivity index (χ2v) is 7.64. The molecule has 1 fully saturated rings. The third-order valence-electron chi connectivity index (χ3n) is 5.69. The number of hydrogen-bond acceptors (Lipinski definition) is 3. The number of hydrogen-bond donors (Lipinski definition) is 0. The van der Waals surface area contributed by atoms with Gasteiger partial charge in [0, 0.05) is 23.7 Å². The molecule has 4 rings (SSSR count). The molecule has 0 bridgehead atoms. The Morgan fingerprint density at radius 2 is 1.85 bits per heavy atom. The Kier molecular flexibility index (Phi) is 5.00. The summed E-state index contributed by atoms with van der Waals surface area (Å²) < 4.78 is 11.5. The number of carbonyl (C=O) groups is 1. The molecule has 5 heteroatoms. The molecule has 0 N–H and O–H groups in total. The first-order chi connectivity index (χ1) is 13.1. The molecule has 2 aromatic rings. The van der Waals surface area contributed by atoms with Crippen LogP contribution in [0.25, 0.3) is 0 Å². The van der Waals surface area contributed by atoms with E-state index < -0.39 is 5.41 Å². The Bertz CT molecular complexity index is 830. The van der Waals surface area contributed by atoms with Gasteiger partial charge >= 0.3 is 0 Å². The van der Waals surface area contributed by atoms with Crippen LogP contribution >= 0.6 is 11.6 Å². The molecule has 0 spiro atoms. The van der Waals surface area contributed by atoms with Crippen molar-refractivity contribution in [1.82, 2.24) is 4.90 Å². The van der Waals surface area contributed by atoms with Gasteiger partial charge in [0.25, 0.3) is 0 Å². The fourth-order valence-corrected chi connectivity index (χ4v) is 4.15. The van der Waals surface area contributed by atoms with Crippen molar-refractivity contribution < 1.29 is 14.3 Å². The average Bonchev–Trinajstić information content (AvgIpc) is 2.66. The molecule has 27 heavy (non-hydrogen) atoms. The van der Waals surface area contributed by atoms with Crippen LogP contribution in [0.4, 0.5) is 0 Å². The summed E-state index contributed by atoms with van der Waals surface area (Å²) in [5, 5.41) is 0.695. The van der Waals surface area contributed by atoms with Gasteiger partial charge in [-0.1, -0.05) is 42.3 Å². The number of likely N-dealkylation sites (N-methyl/N-ethyl adjacent to an activating group) is 1. The van der Waals surface area contributed by atoms with Crippen molar-refractivity contribution in [3.63, 3.8) is 0 Å². The van der Waals surface area contributed by atoms with Crippen molar-refractivity contribution in [2.75, 3.05) is 19.8 Å². The van der Waals surface area contributed by atoms with E-state index in [0.29, 0.717) is 31.3 Å². The van der Waals surface area contributed by atoms with Gasteiger partial charge in [0.2, 0.25) is 5.91 Å². The van der Waals surface area contributed by atoms with Crippen LogP contribution < -0.4 is 9.47 Å². The fourth-order valence-electron chi connectivity index (χ4n) is 4.02. The summed E-state index contributed by atoms with van der Waals surface area (Å²) in [5.74, 6) is 1.72. The summed E-state index contributed by atoms with van der Waals surface area (Å²) in [6, 6.07) is 13.6. The maximum Gasteiger partial charge on any atom is 0.233 e. The molecule has 0 saturated heterocycles. The predicted molar refractivity (Wildman–Crippen MR) is 106 cm³/mol. The Morgan fingerprint density at radius 3 is 2.52 bits per heavy atom. The highest BCUT2D eigenvalue weighted by Gasteiger charge is 2.47. The van der Waals surface area contributed by atoms with Gasteiger partial charge in [-0.2, -0.15) is 0 Å². The zero-order valence-electron chi connectivity index (χ0n) is 15.5. The third kappa shape index (κ3) is 3.27. The minimum absolute atomic E-state index is 0.188. The molecule has 1 aliphatic heterocycles. The van der Waals surface area contributed by atoms with Crippen LogP contribution in [0.15, 0.2) is 42.5 Å². The Labute approximate surface area is 165 Å². The van der Waals surface area contributed by atoms with Crippen molar-refractivity contribution in [2.45, 2.75) is 38.1 Å². The van der Waals surface area contributed by atoms with E-state index in [1.807, 2.05) is 54.3 Å². The molecule has 1 heterocycles. The van der Waals surface area contributed by atoms with Crippen LogP contribution in [0.2, 0.25) is 5.02 Å². The van der Waals surface area contributed by atoms with Gasteiger partial charge in [-0.3, -0.25) is 4.79 Å². The van der Waals surface area contributed by atoms with Crippen LogP contribution in [0.5, 0.6) is 11.5 Å². The standard InChI is InChI=1S/C22H24ClNO3/c1-2-24(15-16-5-3-6-19-20(16)27-14-13-26-19)21(25)22(11-4-12-22)17-7-9-18(23)10-8-17/h3,5-10H,2,4,11-15H2,1H3. The summed E-state index contributed by atoms with van der Waals surface area (Å²) >= 11 is 6.05. The molecule has 0 unspecified atom stereocenters. The lowest BCUT2D eigenvalue weighted by atomic mass is 9.63. The predicted octanol–water partition coefficient (Wildman–Crippen LogP) is 4.58. The number of para-hydroxylation sites is 1. The molecule has 1 saturated carbocycles. The van der Waals surface area contributed by atoms with Crippen LogP contribution in [0.1, 0.15) is 37.3 Å². The molecule has 4 nitrogen and oxygen atoms in total. The van der Waals surface area contributed by atoms with Crippen molar-refractivity contribution in [3.05, 3.63) is 58.6 Å². The van der Waals surface area contributed by atoms with Gasteiger partial charge in [0.05, 0.1) is 5.41 Å². The summed E-state index contributed by atoms with van der Waals surface area (Å²) in [7, 11) is 0. The molecule has 0 aromatic heterocycles. The number of nitrogens with zero attached hydrogens (tertiary/aromatic N) is 1. The largest absolute Gasteiger partial charge is 0.486 e. The number of benzene rings is 2. The average molecular weight is 386 g/mol. The summed E-state index contributed by atoms with van der Waals surface area (Å²) in [6.45, 7) is 4.31. The highest BCUT2D eigenvalue weighted by molar-refractivity contribution is 6.30. The lowest BCUT2D eigenvalue weighted by Crippen LogP contribution is -2.50. The van der Waals surface area contributed by atoms with Crippen molar-refractivity contribution in [3.8, 4) is 11.5 Å². The third-order valence-corrected chi connectivity index (χ3v) is 5.94. The molecule has 1 aliphatic carbocycles. The van der Waals surface area contributed by atoms with E-state index in [0.717, 1.165) is 41.9 Å². The van der Waals surface area contributed by atoms with Crippen LogP contribution in [-0.4, -0.2) is 30.6 Å². The van der Waals surface area contributed by atoms with Crippen molar-refractivity contribution in [2.24, 2.45) is 0 Å². The first-order valence-electron chi connectivity index (χ1n) is 9.57. The number of fused-ring (bicyclic) bond motifs is 1. The molecule has 2 aliphatic rings. The van der Waals surface area contributed by atoms with Crippen LogP contribution in [0, 0.1) is 0 Å². The van der Waals surface area contributed by atoms with Gasteiger partial charge in [-0.15, -0.1) is 0 Å². The smallest absolute Gasteiger partial charge is 0.233 e. The lowest BCUT2D eigenvalue weighted by molar-refractivity contribution is -0.141. The molecular weight excluding hydrogens is 362 g/mol. The maximum absolute atomic E-state index is 13.6.